The van der Waals surface area contributed by atoms with Crippen molar-refractivity contribution in [1.82, 2.24) is 0 Å². The number of hydrogen-bond acceptors (Lipinski definition) is 2. The second-order valence-corrected chi connectivity index (χ2v) is 3.68. The fourth-order valence-electron chi connectivity index (χ4n) is 1.05. The van der Waals surface area contributed by atoms with Crippen molar-refractivity contribution < 1.29 is 13.9 Å². The summed E-state index contributed by atoms with van der Waals surface area (Å²) in [6.07, 6.45) is 2.58. The summed E-state index contributed by atoms with van der Waals surface area (Å²) in [5, 5.41) is 0.288. The first kappa shape index (κ1) is 13.0. The van der Waals surface area contributed by atoms with Crippen molar-refractivity contribution >= 4 is 35.2 Å². The van der Waals surface area contributed by atoms with Gasteiger partial charge < -0.3 is 4.74 Å². The van der Waals surface area contributed by atoms with E-state index in [2.05, 4.69) is 4.74 Å². The van der Waals surface area contributed by atoms with Gasteiger partial charge in [-0.25, -0.2) is 9.18 Å². The van der Waals surface area contributed by atoms with Crippen LogP contribution in [-0.4, -0.2) is 12.6 Å². The summed E-state index contributed by atoms with van der Waals surface area (Å²) in [4.78, 5) is 11.0. The Hall–Kier alpha value is -1.06. The van der Waals surface area contributed by atoms with Crippen molar-refractivity contribution in [1.29, 1.82) is 0 Å². The van der Waals surface area contributed by atoms with E-state index in [1.807, 2.05) is 0 Å². The molecule has 0 amide bonds. The smallest absolute Gasteiger partial charge is 0.330 e. The maximum atomic E-state index is 12.8. The Balaban J connectivity index is 2.93. The molecule has 0 bridgehead atoms. The number of ether oxygens (including phenoxy) is 1. The molecule has 86 valence electrons. The number of hydrogen-bond donors (Lipinski definition) is 0. The summed E-state index contributed by atoms with van der Waals surface area (Å²) < 4.78 is 17.5. The van der Waals surface area contributed by atoms with E-state index in [0.29, 0.717) is 5.56 Å². The van der Waals surface area contributed by atoms with Crippen LogP contribution in [0.1, 0.15) is 12.5 Å². The molecule has 1 rings (SSSR count). The minimum atomic E-state index is -0.525. The van der Waals surface area contributed by atoms with Gasteiger partial charge in [0.05, 0.1) is 16.7 Å². The number of carbonyl (C=O) groups is 1. The largest absolute Gasteiger partial charge is 0.463 e. The molecule has 0 fully saturated rings. The average molecular weight is 263 g/mol. The summed E-state index contributed by atoms with van der Waals surface area (Å²) in [6, 6.07) is 2.25. The molecule has 1 aromatic rings. The van der Waals surface area contributed by atoms with Crippen LogP contribution in [0.15, 0.2) is 18.2 Å². The van der Waals surface area contributed by atoms with Crippen LogP contribution in [0, 0.1) is 5.82 Å². The summed E-state index contributed by atoms with van der Waals surface area (Å²) in [5.74, 6) is -1.03. The predicted octanol–water partition coefficient (Wildman–Crippen LogP) is 3.71. The van der Waals surface area contributed by atoms with E-state index in [9.17, 15) is 9.18 Å². The Morgan fingerprint density at radius 2 is 2.00 bits per heavy atom. The van der Waals surface area contributed by atoms with Gasteiger partial charge in [-0.2, -0.15) is 0 Å². The van der Waals surface area contributed by atoms with Crippen LogP contribution in [0.3, 0.4) is 0 Å². The number of benzene rings is 1. The summed E-state index contributed by atoms with van der Waals surface area (Å²) in [6.45, 7) is 1.98. The molecule has 0 aliphatic carbocycles. The molecule has 0 spiro atoms. The third kappa shape index (κ3) is 3.51. The van der Waals surface area contributed by atoms with E-state index in [1.54, 1.807) is 6.92 Å². The third-order valence-corrected chi connectivity index (χ3v) is 2.34. The molecule has 0 heterocycles. The molecule has 0 N–H and O–H groups in total. The SMILES string of the molecule is CCOC(=O)C=Cc1c(Cl)cc(F)cc1Cl. The minimum Gasteiger partial charge on any atom is -0.463 e. The zero-order chi connectivity index (χ0) is 12.1. The predicted molar refractivity (Wildman–Crippen MR) is 62.1 cm³/mol. The van der Waals surface area contributed by atoms with Crippen LogP contribution in [0.5, 0.6) is 0 Å². The Morgan fingerprint density at radius 3 is 2.50 bits per heavy atom. The second-order valence-electron chi connectivity index (χ2n) is 2.87. The number of carbonyl (C=O) groups excluding carboxylic acids is 1. The number of halogens is 3. The van der Waals surface area contributed by atoms with Gasteiger partial charge in [0, 0.05) is 11.6 Å². The van der Waals surface area contributed by atoms with Gasteiger partial charge >= 0.3 is 5.97 Å². The summed E-state index contributed by atoms with van der Waals surface area (Å²) >= 11 is 11.5. The number of esters is 1. The van der Waals surface area contributed by atoms with Crippen LogP contribution >= 0.6 is 23.2 Å². The highest BCUT2D eigenvalue weighted by atomic mass is 35.5. The van der Waals surface area contributed by atoms with Crippen molar-refractivity contribution in [3.8, 4) is 0 Å². The molecule has 0 aromatic heterocycles. The molecule has 5 heteroatoms. The van der Waals surface area contributed by atoms with Crippen LogP contribution in [0.25, 0.3) is 6.08 Å². The molecule has 2 nitrogen and oxygen atoms in total. The molecule has 1 aromatic carbocycles. The summed E-state index contributed by atoms with van der Waals surface area (Å²) in [5.41, 5.74) is 0.387. The maximum Gasteiger partial charge on any atom is 0.330 e. The Morgan fingerprint density at radius 1 is 1.44 bits per heavy atom. The maximum absolute atomic E-state index is 12.8. The highest BCUT2D eigenvalue weighted by Crippen LogP contribution is 2.27. The molecule has 0 radical (unpaired) electrons. The lowest BCUT2D eigenvalue weighted by molar-refractivity contribution is -0.137. The number of rotatable bonds is 3. The molecular formula is C11H9Cl2FO2. The lowest BCUT2D eigenvalue weighted by Crippen LogP contribution is -1.98. The first-order valence-corrected chi connectivity index (χ1v) is 5.29. The Labute approximate surface area is 103 Å². The fraction of sp³-hybridized carbons (Fsp3) is 0.182. The minimum absolute atomic E-state index is 0.144. The molecule has 0 unspecified atom stereocenters. The van der Waals surface area contributed by atoms with Gasteiger partial charge in [0.15, 0.2) is 0 Å². The molecule has 0 aliphatic rings. The molecular weight excluding hydrogens is 254 g/mol. The fourth-order valence-corrected chi connectivity index (χ4v) is 1.64. The van der Waals surface area contributed by atoms with Gasteiger partial charge in [-0.05, 0) is 25.1 Å². The van der Waals surface area contributed by atoms with Crippen molar-refractivity contribution in [3.05, 3.63) is 39.6 Å². The summed E-state index contributed by atoms with van der Waals surface area (Å²) in [7, 11) is 0. The van der Waals surface area contributed by atoms with E-state index < -0.39 is 11.8 Å². The van der Waals surface area contributed by atoms with Gasteiger partial charge in [-0.15, -0.1) is 0 Å². The van der Waals surface area contributed by atoms with E-state index in [1.165, 1.54) is 12.2 Å². The van der Waals surface area contributed by atoms with E-state index in [-0.39, 0.29) is 16.7 Å². The van der Waals surface area contributed by atoms with Crippen LogP contribution < -0.4 is 0 Å². The lowest BCUT2D eigenvalue weighted by Gasteiger charge is -2.02. The normalized spacial score (nSPS) is 10.8. The molecule has 0 saturated carbocycles. The van der Waals surface area contributed by atoms with E-state index in [4.69, 9.17) is 23.2 Å². The van der Waals surface area contributed by atoms with Gasteiger partial charge in [-0.1, -0.05) is 23.2 Å². The Bertz CT molecular complexity index is 407. The van der Waals surface area contributed by atoms with Crippen LogP contribution in [-0.2, 0) is 9.53 Å². The van der Waals surface area contributed by atoms with Crippen LogP contribution in [0.2, 0.25) is 10.0 Å². The zero-order valence-electron chi connectivity index (χ0n) is 8.47. The molecule has 0 saturated heterocycles. The zero-order valence-corrected chi connectivity index (χ0v) is 9.98. The van der Waals surface area contributed by atoms with E-state index >= 15 is 0 Å². The lowest BCUT2D eigenvalue weighted by atomic mass is 10.2. The first-order chi connectivity index (χ1) is 7.54. The van der Waals surface area contributed by atoms with Crippen molar-refractivity contribution in [2.24, 2.45) is 0 Å². The van der Waals surface area contributed by atoms with Gasteiger partial charge in [0.2, 0.25) is 0 Å². The monoisotopic (exact) mass is 262 g/mol. The third-order valence-electron chi connectivity index (χ3n) is 1.72. The first-order valence-electron chi connectivity index (χ1n) is 4.54. The molecule has 0 atom stereocenters. The van der Waals surface area contributed by atoms with Gasteiger partial charge in [-0.3, -0.25) is 0 Å². The van der Waals surface area contributed by atoms with Crippen molar-refractivity contribution in [2.75, 3.05) is 6.61 Å². The standard InChI is InChI=1S/C11H9Cl2FO2/c1-2-16-11(15)4-3-8-9(12)5-7(14)6-10(8)13/h3-6H,2H2,1H3. The topological polar surface area (TPSA) is 26.3 Å². The molecule has 0 aliphatic heterocycles. The van der Waals surface area contributed by atoms with Crippen molar-refractivity contribution in [3.63, 3.8) is 0 Å². The molecule has 16 heavy (non-hydrogen) atoms. The van der Waals surface area contributed by atoms with Crippen molar-refractivity contribution in [2.45, 2.75) is 6.92 Å². The quantitative estimate of drug-likeness (QED) is 0.613. The van der Waals surface area contributed by atoms with Gasteiger partial charge in [0.25, 0.3) is 0 Å². The van der Waals surface area contributed by atoms with Crippen LogP contribution in [0.4, 0.5) is 4.39 Å². The second kappa shape index (κ2) is 5.87. The Kier molecular flexibility index (Phi) is 4.77. The van der Waals surface area contributed by atoms with Gasteiger partial charge in [0.1, 0.15) is 5.82 Å². The average Bonchev–Trinajstić information content (AvgIpc) is 2.16. The van der Waals surface area contributed by atoms with E-state index in [0.717, 1.165) is 12.1 Å². The highest BCUT2D eigenvalue weighted by molar-refractivity contribution is 6.37. The highest BCUT2D eigenvalue weighted by Gasteiger charge is 2.06.